The summed E-state index contributed by atoms with van der Waals surface area (Å²) in [5.74, 6) is 2.67. The second-order valence-corrected chi connectivity index (χ2v) is 7.87. The lowest BCUT2D eigenvalue weighted by molar-refractivity contribution is 0.485. The summed E-state index contributed by atoms with van der Waals surface area (Å²) in [6, 6.07) is 22.7. The summed E-state index contributed by atoms with van der Waals surface area (Å²) < 4.78 is 7.74. The van der Waals surface area contributed by atoms with Gasteiger partial charge in [-0.2, -0.15) is 0 Å². The maximum absolute atomic E-state index is 5.60. The molecule has 0 fully saturated rings. The Hall–Kier alpha value is -3.25. The van der Waals surface area contributed by atoms with Crippen molar-refractivity contribution in [1.29, 1.82) is 0 Å². The van der Waals surface area contributed by atoms with Crippen LogP contribution in [0.5, 0.6) is 0 Å². The van der Waals surface area contributed by atoms with Crippen LogP contribution in [0.2, 0.25) is 0 Å². The van der Waals surface area contributed by atoms with Crippen molar-refractivity contribution in [2.45, 2.75) is 18.1 Å². The minimum Gasteiger partial charge on any atom is -0.467 e. The van der Waals surface area contributed by atoms with E-state index >= 15 is 0 Å². The highest BCUT2D eigenvalue weighted by molar-refractivity contribution is 7.99. The number of furan rings is 1. The first-order chi connectivity index (χ1) is 14.4. The van der Waals surface area contributed by atoms with Crippen molar-refractivity contribution in [2.75, 3.05) is 5.75 Å². The zero-order valence-corrected chi connectivity index (χ0v) is 16.6. The van der Waals surface area contributed by atoms with Gasteiger partial charge in [0.05, 0.1) is 12.8 Å². The number of rotatable bonds is 7. The first-order valence-electron chi connectivity index (χ1n) is 9.57. The third-order valence-electron chi connectivity index (χ3n) is 4.91. The fourth-order valence-corrected chi connectivity index (χ4v) is 4.38. The van der Waals surface area contributed by atoms with Crippen molar-refractivity contribution in [1.82, 2.24) is 19.7 Å². The van der Waals surface area contributed by atoms with Crippen molar-refractivity contribution in [3.63, 3.8) is 0 Å². The second-order valence-electron chi connectivity index (χ2n) is 6.80. The maximum atomic E-state index is 5.60. The van der Waals surface area contributed by atoms with E-state index in [1.807, 2.05) is 36.5 Å². The smallest absolute Gasteiger partial charge is 0.191 e. The van der Waals surface area contributed by atoms with Crippen molar-refractivity contribution >= 4 is 22.7 Å². The van der Waals surface area contributed by atoms with E-state index in [2.05, 4.69) is 56.1 Å². The van der Waals surface area contributed by atoms with Gasteiger partial charge in [-0.05, 0) is 30.2 Å². The van der Waals surface area contributed by atoms with Crippen molar-refractivity contribution < 1.29 is 4.42 Å². The van der Waals surface area contributed by atoms with Crippen LogP contribution < -0.4 is 0 Å². The molecule has 5 aromatic rings. The van der Waals surface area contributed by atoms with Gasteiger partial charge >= 0.3 is 0 Å². The normalized spacial score (nSPS) is 11.3. The van der Waals surface area contributed by atoms with Gasteiger partial charge in [-0.1, -0.05) is 60.3 Å². The summed E-state index contributed by atoms with van der Waals surface area (Å²) in [6.07, 6.45) is 4.69. The summed E-state index contributed by atoms with van der Waals surface area (Å²) >= 11 is 1.72. The van der Waals surface area contributed by atoms with Gasteiger partial charge in [0.15, 0.2) is 11.0 Å². The summed E-state index contributed by atoms with van der Waals surface area (Å²) in [5.41, 5.74) is 3.47. The molecule has 0 saturated heterocycles. The Morgan fingerprint density at radius 2 is 1.79 bits per heavy atom. The number of thioether (sulfide) groups is 1. The lowest BCUT2D eigenvalue weighted by Crippen LogP contribution is -2.04. The van der Waals surface area contributed by atoms with E-state index in [0.717, 1.165) is 45.4 Å². The number of benzene rings is 2. The third kappa shape index (κ3) is 3.71. The number of hydrogen-bond donors (Lipinski definition) is 1. The average molecular weight is 401 g/mol. The molecule has 0 atom stereocenters. The summed E-state index contributed by atoms with van der Waals surface area (Å²) in [6.45, 7) is 0.600. The molecule has 6 heteroatoms. The van der Waals surface area contributed by atoms with Crippen LogP contribution in [-0.4, -0.2) is 25.5 Å². The zero-order valence-electron chi connectivity index (χ0n) is 15.8. The Balaban J connectivity index is 1.46. The Morgan fingerprint density at radius 1 is 0.931 bits per heavy atom. The minimum absolute atomic E-state index is 0.600. The lowest BCUT2D eigenvalue weighted by Gasteiger charge is -2.08. The Bertz CT molecular complexity index is 1210. The van der Waals surface area contributed by atoms with E-state index < -0.39 is 0 Å². The van der Waals surface area contributed by atoms with Crippen molar-refractivity contribution in [3.05, 3.63) is 90.5 Å². The van der Waals surface area contributed by atoms with Crippen molar-refractivity contribution in [2.24, 2.45) is 0 Å². The molecular weight excluding hydrogens is 380 g/mol. The summed E-state index contributed by atoms with van der Waals surface area (Å²) in [5, 5.41) is 11.1. The van der Waals surface area contributed by atoms with Crippen LogP contribution in [0, 0.1) is 0 Å². The van der Waals surface area contributed by atoms with Gasteiger partial charge in [0.1, 0.15) is 5.76 Å². The van der Waals surface area contributed by atoms with Crippen LogP contribution in [-0.2, 0) is 13.0 Å². The molecule has 0 saturated carbocycles. The zero-order chi connectivity index (χ0) is 19.5. The quantitative estimate of drug-likeness (QED) is 0.372. The van der Waals surface area contributed by atoms with E-state index in [0.29, 0.717) is 6.54 Å². The van der Waals surface area contributed by atoms with Crippen LogP contribution in [0.25, 0.3) is 22.3 Å². The van der Waals surface area contributed by atoms with Gasteiger partial charge in [-0.15, -0.1) is 10.2 Å². The minimum atomic E-state index is 0.600. The Morgan fingerprint density at radius 3 is 2.66 bits per heavy atom. The number of H-pyrrole nitrogens is 1. The molecule has 3 heterocycles. The highest BCUT2D eigenvalue weighted by Gasteiger charge is 2.18. The SMILES string of the molecule is c1ccc(CCSc2nnc(-c3c[nH]c4ccccc34)n2Cc2ccco2)cc1. The van der Waals surface area contributed by atoms with Gasteiger partial charge in [0, 0.05) is 28.4 Å². The number of hydrogen-bond acceptors (Lipinski definition) is 4. The maximum Gasteiger partial charge on any atom is 0.191 e. The molecule has 2 aromatic carbocycles. The number of fused-ring (bicyclic) bond motifs is 1. The van der Waals surface area contributed by atoms with Crippen LogP contribution in [0.1, 0.15) is 11.3 Å². The standard InChI is InChI=1S/C23H20N4OS/c1-2-7-17(8-3-1)12-14-29-23-26-25-22(27(23)16-18-9-6-13-28-18)20-15-24-21-11-5-4-10-19(20)21/h1-11,13,15,24H,12,14,16H2. The molecule has 0 aliphatic heterocycles. The molecule has 1 N–H and O–H groups in total. The molecule has 0 radical (unpaired) electrons. The fraction of sp³-hybridized carbons (Fsp3) is 0.130. The molecular formula is C23H20N4OS. The number of aromatic nitrogens is 4. The topological polar surface area (TPSA) is 59.6 Å². The predicted octanol–water partition coefficient (Wildman–Crippen LogP) is 5.40. The number of para-hydroxylation sites is 1. The van der Waals surface area contributed by atoms with E-state index in [-0.39, 0.29) is 0 Å². The van der Waals surface area contributed by atoms with E-state index in [4.69, 9.17) is 4.42 Å². The lowest BCUT2D eigenvalue weighted by atomic mass is 10.1. The largest absolute Gasteiger partial charge is 0.467 e. The molecule has 5 nitrogen and oxygen atoms in total. The molecule has 29 heavy (non-hydrogen) atoms. The van der Waals surface area contributed by atoms with Gasteiger partial charge in [0.2, 0.25) is 0 Å². The molecule has 0 spiro atoms. The number of aryl methyl sites for hydroxylation is 1. The molecule has 0 aliphatic carbocycles. The fourth-order valence-electron chi connectivity index (χ4n) is 3.46. The van der Waals surface area contributed by atoms with Gasteiger partial charge < -0.3 is 9.40 Å². The highest BCUT2D eigenvalue weighted by Crippen LogP contribution is 2.30. The molecule has 5 rings (SSSR count). The average Bonchev–Trinajstić information content (AvgIpc) is 3.50. The molecule has 0 amide bonds. The van der Waals surface area contributed by atoms with E-state index in [1.165, 1.54) is 5.56 Å². The number of nitrogens with one attached hydrogen (secondary N) is 1. The molecule has 0 unspecified atom stereocenters. The van der Waals surface area contributed by atoms with Gasteiger partial charge in [-0.25, -0.2) is 0 Å². The van der Waals surface area contributed by atoms with Crippen LogP contribution in [0.15, 0.2) is 88.8 Å². The molecule has 3 aromatic heterocycles. The van der Waals surface area contributed by atoms with Crippen LogP contribution in [0.3, 0.4) is 0 Å². The predicted molar refractivity (Wildman–Crippen MR) is 116 cm³/mol. The summed E-state index contributed by atoms with van der Waals surface area (Å²) in [4.78, 5) is 3.34. The van der Waals surface area contributed by atoms with Gasteiger partial charge in [0.25, 0.3) is 0 Å². The Labute approximate surface area is 172 Å². The van der Waals surface area contributed by atoms with Gasteiger partial charge in [-0.3, -0.25) is 4.57 Å². The Kier molecular flexibility index (Phi) is 4.92. The highest BCUT2D eigenvalue weighted by atomic mass is 32.2. The van der Waals surface area contributed by atoms with E-state index in [1.54, 1.807) is 18.0 Å². The monoisotopic (exact) mass is 400 g/mol. The first kappa shape index (κ1) is 17.8. The number of aromatic amines is 1. The van der Waals surface area contributed by atoms with Crippen LogP contribution >= 0.6 is 11.8 Å². The second kappa shape index (κ2) is 8.01. The third-order valence-corrected chi connectivity index (χ3v) is 5.87. The molecule has 0 aliphatic rings. The van der Waals surface area contributed by atoms with Crippen molar-refractivity contribution in [3.8, 4) is 11.4 Å². The molecule has 0 bridgehead atoms. The number of nitrogens with zero attached hydrogens (tertiary/aromatic N) is 3. The summed E-state index contributed by atoms with van der Waals surface area (Å²) in [7, 11) is 0. The molecule has 144 valence electrons. The van der Waals surface area contributed by atoms with Crippen LogP contribution in [0.4, 0.5) is 0 Å². The first-order valence-corrected chi connectivity index (χ1v) is 10.6. The van der Waals surface area contributed by atoms with E-state index in [9.17, 15) is 0 Å².